The van der Waals surface area contributed by atoms with Crippen molar-refractivity contribution in [3.63, 3.8) is 0 Å². The number of benzene rings is 2. The van der Waals surface area contributed by atoms with Gasteiger partial charge in [0.2, 0.25) is 0 Å². The molecule has 1 aliphatic heterocycles. The summed E-state index contributed by atoms with van der Waals surface area (Å²) in [5.41, 5.74) is 1.48. The Morgan fingerprint density at radius 3 is 2.76 bits per heavy atom. The smallest absolute Gasteiger partial charge is 0.262 e. The average molecular weight is 547 g/mol. The Kier molecular flexibility index (Phi) is 7.93. The van der Waals surface area contributed by atoms with Gasteiger partial charge >= 0.3 is 0 Å². The van der Waals surface area contributed by atoms with Crippen LogP contribution in [0.2, 0.25) is 5.02 Å². The Morgan fingerprint density at radius 1 is 1.31 bits per heavy atom. The summed E-state index contributed by atoms with van der Waals surface area (Å²) in [6, 6.07) is 10.7. The highest BCUT2D eigenvalue weighted by Crippen LogP contribution is 2.34. The lowest BCUT2D eigenvalue weighted by molar-refractivity contribution is -0.118. The topological polar surface area (TPSA) is 60.0 Å². The zero-order valence-electron chi connectivity index (χ0n) is 15.7. The van der Waals surface area contributed by atoms with Crippen LogP contribution in [0.4, 0.5) is 5.69 Å². The number of nitrogens with one attached hydrogen (secondary N) is 1. The molecule has 1 aliphatic rings. The molecule has 0 spiro atoms. The molecule has 29 heavy (non-hydrogen) atoms. The molecule has 0 bridgehead atoms. The molecule has 9 heteroatoms. The first-order valence-electron chi connectivity index (χ1n) is 8.90. The third-order valence-electron chi connectivity index (χ3n) is 4.23. The molecule has 154 valence electrons. The predicted molar refractivity (Wildman–Crippen MR) is 125 cm³/mol. The van der Waals surface area contributed by atoms with Crippen molar-refractivity contribution in [3.05, 3.63) is 50.6 Å². The summed E-state index contributed by atoms with van der Waals surface area (Å²) in [6.07, 6.45) is 0. The third-order valence-corrected chi connectivity index (χ3v) is 5.76. The first-order valence-corrected chi connectivity index (χ1v) is 10.8. The van der Waals surface area contributed by atoms with Gasteiger partial charge in [0.05, 0.1) is 23.9 Å². The molecular formula is C20H20ClIN2O4S. The Labute approximate surface area is 193 Å². The number of hydrogen-bond donors (Lipinski definition) is 1. The van der Waals surface area contributed by atoms with Crippen molar-refractivity contribution < 1.29 is 19.0 Å². The largest absolute Gasteiger partial charge is 0.493 e. The van der Waals surface area contributed by atoms with Gasteiger partial charge in [0.1, 0.15) is 4.99 Å². The van der Waals surface area contributed by atoms with Gasteiger partial charge in [0, 0.05) is 29.4 Å². The minimum atomic E-state index is -0.293. The van der Waals surface area contributed by atoms with Crippen LogP contribution in [0.5, 0.6) is 11.5 Å². The first-order chi connectivity index (χ1) is 14.0. The van der Waals surface area contributed by atoms with Gasteiger partial charge in [-0.3, -0.25) is 4.79 Å². The number of carbonyl (C=O) groups excluding carboxylic acids is 1. The van der Waals surface area contributed by atoms with E-state index in [-0.39, 0.29) is 12.5 Å². The van der Waals surface area contributed by atoms with Gasteiger partial charge in [-0.2, -0.15) is 0 Å². The summed E-state index contributed by atoms with van der Waals surface area (Å²) in [5, 5.41) is 3.30. The van der Waals surface area contributed by atoms with Gasteiger partial charge in [-0.25, -0.2) is 0 Å². The van der Waals surface area contributed by atoms with Crippen molar-refractivity contribution in [2.24, 2.45) is 0 Å². The minimum absolute atomic E-state index is 0.161. The van der Waals surface area contributed by atoms with E-state index in [9.17, 15) is 4.79 Å². The van der Waals surface area contributed by atoms with Crippen LogP contribution < -0.4 is 14.8 Å². The molecule has 1 N–H and O–H groups in total. The summed E-state index contributed by atoms with van der Waals surface area (Å²) in [4.78, 5) is 15.1. The maximum absolute atomic E-state index is 12.2. The molecule has 0 aromatic heterocycles. The molecule has 2 aromatic carbocycles. The monoisotopic (exact) mass is 546 g/mol. The van der Waals surface area contributed by atoms with E-state index < -0.39 is 0 Å². The lowest BCUT2D eigenvalue weighted by Gasteiger charge is -2.29. The van der Waals surface area contributed by atoms with Crippen LogP contribution >= 0.6 is 46.4 Å². The minimum Gasteiger partial charge on any atom is -0.493 e. The quantitative estimate of drug-likeness (QED) is 0.437. The Balaban J connectivity index is 1.68. The number of rotatable bonds is 6. The van der Waals surface area contributed by atoms with Crippen LogP contribution in [0.1, 0.15) is 5.56 Å². The fraction of sp³-hybridized carbons (Fsp3) is 0.300. The SMILES string of the molecule is COc1cc(C(=S)N2CCOCC2)cc(I)c1OCC(=O)Nc1cccc(Cl)c1. The van der Waals surface area contributed by atoms with Gasteiger partial charge < -0.3 is 24.4 Å². The van der Waals surface area contributed by atoms with E-state index in [2.05, 4.69) is 32.8 Å². The van der Waals surface area contributed by atoms with Crippen LogP contribution in [0, 0.1) is 3.57 Å². The number of ether oxygens (including phenoxy) is 3. The zero-order valence-corrected chi connectivity index (χ0v) is 19.5. The first kappa shape index (κ1) is 22.1. The molecule has 3 rings (SSSR count). The molecule has 1 saturated heterocycles. The van der Waals surface area contributed by atoms with Gasteiger partial charge in [0.25, 0.3) is 5.91 Å². The lowest BCUT2D eigenvalue weighted by atomic mass is 10.1. The molecule has 1 heterocycles. The number of thiocarbonyl (C=S) groups is 1. The summed E-state index contributed by atoms with van der Waals surface area (Å²) in [5.74, 6) is 0.735. The number of anilines is 1. The van der Waals surface area contributed by atoms with Gasteiger partial charge in [-0.05, 0) is 52.9 Å². The lowest BCUT2D eigenvalue weighted by Crippen LogP contribution is -2.40. The third kappa shape index (κ3) is 5.94. The number of carbonyl (C=O) groups is 1. The Morgan fingerprint density at radius 2 is 2.07 bits per heavy atom. The normalized spacial score (nSPS) is 13.7. The number of methoxy groups -OCH3 is 1. The Bertz CT molecular complexity index is 906. The fourth-order valence-corrected chi connectivity index (χ4v) is 4.08. The molecular weight excluding hydrogens is 527 g/mol. The number of amides is 1. The van der Waals surface area contributed by atoms with Crippen molar-refractivity contribution in [2.45, 2.75) is 0 Å². The Hall–Kier alpha value is -1.62. The maximum Gasteiger partial charge on any atom is 0.262 e. The van der Waals surface area contributed by atoms with E-state index in [4.69, 9.17) is 38.0 Å². The summed E-state index contributed by atoms with van der Waals surface area (Å²) in [6.45, 7) is 2.69. The van der Waals surface area contributed by atoms with Crippen molar-refractivity contribution in [1.82, 2.24) is 4.90 Å². The average Bonchev–Trinajstić information content (AvgIpc) is 2.72. The molecule has 0 atom stereocenters. The number of hydrogen-bond acceptors (Lipinski definition) is 5. The fourth-order valence-electron chi connectivity index (χ4n) is 2.83. The van der Waals surface area contributed by atoms with Gasteiger partial charge in [-0.1, -0.05) is 29.9 Å². The van der Waals surface area contributed by atoms with E-state index in [0.29, 0.717) is 35.4 Å². The second-order valence-electron chi connectivity index (χ2n) is 6.24. The van der Waals surface area contributed by atoms with Crippen molar-refractivity contribution >= 4 is 63.0 Å². The summed E-state index contributed by atoms with van der Waals surface area (Å²) in [7, 11) is 1.56. The second kappa shape index (κ2) is 10.4. The van der Waals surface area contributed by atoms with E-state index in [1.165, 1.54) is 0 Å². The predicted octanol–water partition coefficient (Wildman–Crippen LogP) is 3.98. The van der Waals surface area contributed by atoms with Crippen molar-refractivity contribution in [2.75, 3.05) is 45.3 Å². The van der Waals surface area contributed by atoms with Crippen LogP contribution in [0.3, 0.4) is 0 Å². The summed E-state index contributed by atoms with van der Waals surface area (Å²) >= 11 is 13.7. The van der Waals surface area contributed by atoms with E-state index in [1.807, 2.05) is 12.1 Å². The highest BCUT2D eigenvalue weighted by Gasteiger charge is 2.19. The molecule has 1 fully saturated rings. The zero-order chi connectivity index (χ0) is 20.8. The van der Waals surface area contributed by atoms with E-state index in [1.54, 1.807) is 31.4 Å². The molecule has 0 aliphatic carbocycles. The van der Waals surface area contributed by atoms with Crippen LogP contribution in [-0.4, -0.2) is 55.8 Å². The number of morpholine rings is 1. The van der Waals surface area contributed by atoms with Crippen LogP contribution in [0.15, 0.2) is 36.4 Å². The highest BCUT2D eigenvalue weighted by atomic mass is 127. The standard InChI is InChI=1S/C20H20ClIN2O4S/c1-26-17-10-13(20(29)24-5-7-27-8-6-24)9-16(22)19(17)28-12-18(25)23-15-4-2-3-14(21)11-15/h2-4,9-11H,5-8,12H2,1H3,(H,23,25). The van der Waals surface area contributed by atoms with Crippen LogP contribution in [-0.2, 0) is 9.53 Å². The highest BCUT2D eigenvalue weighted by molar-refractivity contribution is 14.1. The molecule has 2 aromatic rings. The maximum atomic E-state index is 12.2. The molecule has 1 amide bonds. The number of halogens is 2. The number of nitrogens with zero attached hydrogens (tertiary/aromatic N) is 1. The van der Waals surface area contributed by atoms with Crippen molar-refractivity contribution in [3.8, 4) is 11.5 Å². The van der Waals surface area contributed by atoms with Gasteiger partial charge in [-0.15, -0.1) is 0 Å². The van der Waals surface area contributed by atoms with Crippen molar-refractivity contribution in [1.29, 1.82) is 0 Å². The van der Waals surface area contributed by atoms with Gasteiger partial charge in [0.15, 0.2) is 18.1 Å². The molecule has 0 unspecified atom stereocenters. The van der Waals surface area contributed by atoms with E-state index >= 15 is 0 Å². The molecule has 0 saturated carbocycles. The molecule has 6 nitrogen and oxygen atoms in total. The summed E-state index contributed by atoms with van der Waals surface area (Å²) < 4.78 is 17.4. The van der Waals surface area contributed by atoms with E-state index in [0.717, 1.165) is 27.2 Å². The second-order valence-corrected chi connectivity index (χ2v) is 8.23. The van der Waals surface area contributed by atoms with Crippen LogP contribution in [0.25, 0.3) is 0 Å². The molecule has 0 radical (unpaired) electrons.